The Bertz CT molecular complexity index is 659. The van der Waals surface area contributed by atoms with Crippen molar-refractivity contribution >= 4 is 0 Å². The molecule has 1 atom stereocenters. The molecule has 3 nitrogen and oxygen atoms in total. The fourth-order valence-electron chi connectivity index (χ4n) is 2.26. The third-order valence-electron chi connectivity index (χ3n) is 3.66. The van der Waals surface area contributed by atoms with E-state index in [0.29, 0.717) is 5.56 Å². The van der Waals surface area contributed by atoms with Crippen molar-refractivity contribution in [2.75, 3.05) is 7.11 Å². The predicted molar refractivity (Wildman–Crippen MR) is 84.1 cm³/mol. The molecule has 2 aromatic carbocycles. The van der Waals surface area contributed by atoms with E-state index in [-0.39, 0.29) is 6.04 Å². The Labute approximate surface area is 126 Å². The maximum absolute atomic E-state index is 8.89. The number of rotatable bonds is 5. The Balaban J connectivity index is 2.04. The van der Waals surface area contributed by atoms with E-state index in [1.807, 2.05) is 43.3 Å². The number of ether oxygens (including phenoxy) is 1. The first-order chi connectivity index (χ1) is 10.1. The van der Waals surface area contributed by atoms with Gasteiger partial charge in [-0.25, -0.2) is 0 Å². The zero-order chi connectivity index (χ0) is 15.2. The first-order valence-corrected chi connectivity index (χ1v) is 7.01. The number of methoxy groups -OCH3 is 1. The van der Waals surface area contributed by atoms with Crippen LogP contribution in [-0.4, -0.2) is 7.11 Å². The molecule has 0 aliphatic heterocycles. The molecule has 0 amide bonds. The number of hydrogen-bond acceptors (Lipinski definition) is 3. The van der Waals surface area contributed by atoms with E-state index >= 15 is 0 Å². The Hall–Kier alpha value is -2.31. The van der Waals surface area contributed by atoms with Gasteiger partial charge < -0.3 is 10.1 Å². The van der Waals surface area contributed by atoms with Crippen LogP contribution < -0.4 is 10.1 Å². The maximum atomic E-state index is 8.89. The van der Waals surface area contributed by atoms with Crippen LogP contribution in [0.2, 0.25) is 0 Å². The van der Waals surface area contributed by atoms with Gasteiger partial charge in [-0.15, -0.1) is 0 Å². The average Bonchev–Trinajstić information content (AvgIpc) is 2.53. The first kappa shape index (κ1) is 15.1. The lowest BCUT2D eigenvalue weighted by atomic mass is 10.0. The Morgan fingerprint density at radius 1 is 1.24 bits per heavy atom. The molecule has 0 heterocycles. The number of nitriles is 1. The molecular weight excluding hydrogens is 260 g/mol. The molecule has 0 saturated carbocycles. The van der Waals surface area contributed by atoms with Crippen molar-refractivity contribution in [3.05, 3.63) is 64.7 Å². The summed E-state index contributed by atoms with van der Waals surface area (Å²) in [7, 11) is 1.68. The zero-order valence-electron chi connectivity index (χ0n) is 12.7. The molecule has 0 saturated heterocycles. The summed E-state index contributed by atoms with van der Waals surface area (Å²) >= 11 is 0. The molecule has 21 heavy (non-hydrogen) atoms. The van der Waals surface area contributed by atoms with Crippen LogP contribution in [0.1, 0.15) is 35.2 Å². The van der Waals surface area contributed by atoms with Crippen LogP contribution >= 0.6 is 0 Å². The van der Waals surface area contributed by atoms with Crippen LogP contribution in [0.15, 0.2) is 42.5 Å². The zero-order valence-corrected chi connectivity index (χ0v) is 12.7. The second-order valence-corrected chi connectivity index (χ2v) is 5.13. The molecule has 2 aromatic rings. The molecule has 3 heteroatoms. The Morgan fingerprint density at radius 2 is 2.05 bits per heavy atom. The smallest absolute Gasteiger partial charge is 0.119 e. The van der Waals surface area contributed by atoms with Gasteiger partial charge in [-0.2, -0.15) is 5.26 Å². The highest BCUT2D eigenvalue weighted by atomic mass is 16.5. The van der Waals surface area contributed by atoms with Crippen LogP contribution in [0.3, 0.4) is 0 Å². The van der Waals surface area contributed by atoms with E-state index in [1.54, 1.807) is 7.11 Å². The first-order valence-electron chi connectivity index (χ1n) is 7.01. The fourth-order valence-corrected chi connectivity index (χ4v) is 2.26. The van der Waals surface area contributed by atoms with Gasteiger partial charge in [-0.3, -0.25) is 0 Å². The third-order valence-corrected chi connectivity index (χ3v) is 3.66. The van der Waals surface area contributed by atoms with Gasteiger partial charge >= 0.3 is 0 Å². The van der Waals surface area contributed by atoms with Gasteiger partial charge in [0.05, 0.1) is 18.7 Å². The summed E-state index contributed by atoms with van der Waals surface area (Å²) in [6.45, 7) is 4.94. The van der Waals surface area contributed by atoms with Gasteiger partial charge in [-0.05, 0) is 54.8 Å². The van der Waals surface area contributed by atoms with E-state index in [9.17, 15) is 0 Å². The number of hydrogen-bond donors (Lipinski definition) is 1. The lowest BCUT2D eigenvalue weighted by Crippen LogP contribution is -2.18. The average molecular weight is 280 g/mol. The molecule has 0 fully saturated rings. The van der Waals surface area contributed by atoms with Gasteiger partial charge in [0.15, 0.2) is 0 Å². The van der Waals surface area contributed by atoms with E-state index in [1.165, 1.54) is 11.1 Å². The fraction of sp³-hybridized carbons (Fsp3) is 0.278. The summed E-state index contributed by atoms with van der Waals surface area (Å²) in [5, 5.41) is 12.4. The number of nitrogens with one attached hydrogen (secondary N) is 1. The summed E-state index contributed by atoms with van der Waals surface area (Å²) in [4.78, 5) is 0. The molecule has 0 aliphatic carbocycles. The largest absolute Gasteiger partial charge is 0.497 e. The van der Waals surface area contributed by atoms with Gasteiger partial charge in [0.1, 0.15) is 5.75 Å². The normalized spacial score (nSPS) is 11.7. The van der Waals surface area contributed by atoms with Crippen LogP contribution in [0, 0.1) is 18.3 Å². The van der Waals surface area contributed by atoms with Gasteiger partial charge in [-0.1, -0.05) is 18.2 Å². The quantitative estimate of drug-likeness (QED) is 0.907. The standard InChI is InChI=1S/C18H20N2O/c1-13-9-15(11-19)7-8-17(13)12-20-14(2)16-5-4-6-18(10-16)21-3/h4-10,14,20H,12H2,1-3H3/t14-/m0/s1. The topological polar surface area (TPSA) is 45.0 Å². The minimum atomic E-state index is 0.232. The molecule has 0 unspecified atom stereocenters. The minimum absolute atomic E-state index is 0.232. The van der Waals surface area contributed by atoms with Crippen LogP contribution in [0.4, 0.5) is 0 Å². The highest BCUT2D eigenvalue weighted by Gasteiger charge is 2.07. The summed E-state index contributed by atoms with van der Waals surface area (Å²) in [5.41, 5.74) is 4.25. The molecule has 108 valence electrons. The van der Waals surface area contributed by atoms with E-state index in [2.05, 4.69) is 24.4 Å². The lowest BCUT2D eigenvalue weighted by Gasteiger charge is -2.16. The maximum Gasteiger partial charge on any atom is 0.119 e. The summed E-state index contributed by atoms with van der Waals surface area (Å²) in [5.74, 6) is 0.871. The second-order valence-electron chi connectivity index (χ2n) is 5.13. The molecule has 1 N–H and O–H groups in total. The van der Waals surface area contributed by atoms with Crippen molar-refractivity contribution in [3.63, 3.8) is 0 Å². The highest BCUT2D eigenvalue weighted by molar-refractivity contribution is 5.37. The SMILES string of the molecule is COc1cccc([C@H](C)NCc2ccc(C#N)cc2C)c1. The van der Waals surface area contributed by atoms with E-state index in [4.69, 9.17) is 10.00 Å². The van der Waals surface area contributed by atoms with E-state index < -0.39 is 0 Å². The monoisotopic (exact) mass is 280 g/mol. The van der Waals surface area contributed by atoms with Crippen LogP contribution in [-0.2, 0) is 6.54 Å². The number of nitrogens with zero attached hydrogens (tertiary/aromatic N) is 1. The molecule has 0 radical (unpaired) electrons. The van der Waals surface area contributed by atoms with Crippen molar-refractivity contribution in [1.29, 1.82) is 5.26 Å². The molecule has 2 rings (SSSR count). The molecule has 0 spiro atoms. The van der Waals surface area contributed by atoms with Crippen molar-refractivity contribution in [2.45, 2.75) is 26.4 Å². The van der Waals surface area contributed by atoms with Gasteiger partial charge in [0.2, 0.25) is 0 Å². The van der Waals surface area contributed by atoms with Crippen molar-refractivity contribution in [2.24, 2.45) is 0 Å². The molecule has 0 aliphatic rings. The van der Waals surface area contributed by atoms with Gasteiger partial charge in [0, 0.05) is 12.6 Å². The van der Waals surface area contributed by atoms with Crippen molar-refractivity contribution in [1.82, 2.24) is 5.32 Å². The van der Waals surface area contributed by atoms with Gasteiger partial charge in [0.25, 0.3) is 0 Å². The van der Waals surface area contributed by atoms with Crippen molar-refractivity contribution in [3.8, 4) is 11.8 Å². The predicted octanol–water partition coefficient (Wildman–Crippen LogP) is 3.73. The van der Waals surface area contributed by atoms with Crippen LogP contribution in [0.5, 0.6) is 5.75 Å². The van der Waals surface area contributed by atoms with E-state index in [0.717, 1.165) is 17.9 Å². The summed E-state index contributed by atoms with van der Waals surface area (Å²) < 4.78 is 5.25. The number of aryl methyl sites for hydroxylation is 1. The molecular formula is C18H20N2O. The second kappa shape index (κ2) is 6.92. The number of benzene rings is 2. The van der Waals surface area contributed by atoms with Crippen LogP contribution in [0.25, 0.3) is 0 Å². The third kappa shape index (κ3) is 3.84. The summed E-state index contributed by atoms with van der Waals surface area (Å²) in [6, 6.07) is 16.3. The lowest BCUT2D eigenvalue weighted by molar-refractivity contribution is 0.413. The van der Waals surface area contributed by atoms with Crippen molar-refractivity contribution < 1.29 is 4.74 Å². The summed E-state index contributed by atoms with van der Waals surface area (Å²) in [6.07, 6.45) is 0. The molecule has 0 bridgehead atoms. The molecule has 0 aromatic heterocycles. The Morgan fingerprint density at radius 3 is 2.71 bits per heavy atom. The minimum Gasteiger partial charge on any atom is -0.497 e. The Kier molecular flexibility index (Phi) is 4.97. The highest BCUT2D eigenvalue weighted by Crippen LogP contribution is 2.19.